The number of benzene rings is 1. The zero-order chi connectivity index (χ0) is 14.8. The minimum absolute atomic E-state index is 0.576. The second kappa shape index (κ2) is 6.11. The number of piperidine rings is 1. The summed E-state index contributed by atoms with van der Waals surface area (Å²) >= 11 is 0. The van der Waals surface area contributed by atoms with Gasteiger partial charge >= 0.3 is 0 Å². The number of hydrogen-bond donors (Lipinski definition) is 1. The molecule has 2 heterocycles. The first kappa shape index (κ1) is 13.8. The van der Waals surface area contributed by atoms with Gasteiger partial charge in [-0.3, -0.25) is 0 Å². The first-order valence-corrected chi connectivity index (χ1v) is 8.68. The molecule has 1 saturated heterocycles. The molecule has 1 saturated carbocycles. The van der Waals surface area contributed by atoms with Crippen LogP contribution in [0, 0.1) is 0 Å². The highest BCUT2D eigenvalue weighted by Crippen LogP contribution is 2.28. The van der Waals surface area contributed by atoms with Gasteiger partial charge in [-0.15, -0.1) is 0 Å². The summed E-state index contributed by atoms with van der Waals surface area (Å²) in [6.45, 7) is 2.17. The summed E-state index contributed by atoms with van der Waals surface area (Å²) in [6.07, 6.45) is 9.02. The van der Waals surface area contributed by atoms with Crippen LogP contribution in [0.25, 0.3) is 10.9 Å². The molecule has 1 N–H and O–H groups in total. The average Bonchev–Trinajstić information content (AvgIpc) is 3.09. The highest BCUT2D eigenvalue weighted by molar-refractivity contribution is 5.90. The van der Waals surface area contributed by atoms with Gasteiger partial charge in [0.05, 0.1) is 5.52 Å². The molecule has 0 amide bonds. The normalized spacial score (nSPS) is 19.7. The topological polar surface area (TPSA) is 41.1 Å². The van der Waals surface area contributed by atoms with E-state index in [4.69, 9.17) is 9.97 Å². The van der Waals surface area contributed by atoms with E-state index in [9.17, 15) is 0 Å². The van der Waals surface area contributed by atoms with E-state index >= 15 is 0 Å². The van der Waals surface area contributed by atoms with Crippen molar-refractivity contribution >= 4 is 22.7 Å². The number of fused-ring (bicyclic) bond motifs is 1. The number of anilines is 2. The smallest absolute Gasteiger partial charge is 0.227 e. The van der Waals surface area contributed by atoms with Crippen LogP contribution in [0.2, 0.25) is 0 Å². The zero-order valence-electron chi connectivity index (χ0n) is 13.1. The van der Waals surface area contributed by atoms with E-state index in [-0.39, 0.29) is 0 Å². The molecule has 1 aliphatic carbocycles. The van der Waals surface area contributed by atoms with Crippen LogP contribution in [0.1, 0.15) is 44.9 Å². The quantitative estimate of drug-likeness (QED) is 0.930. The van der Waals surface area contributed by atoms with Gasteiger partial charge in [-0.2, -0.15) is 4.98 Å². The second-order valence-electron chi connectivity index (χ2n) is 6.56. The molecule has 0 radical (unpaired) electrons. The third-order valence-electron chi connectivity index (χ3n) is 4.93. The van der Waals surface area contributed by atoms with Crippen LogP contribution >= 0.6 is 0 Å². The Morgan fingerprint density at radius 1 is 0.909 bits per heavy atom. The molecule has 1 aromatic carbocycles. The van der Waals surface area contributed by atoms with Crippen LogP contribution in [0.4, 0.5) is 11.8 Å². The molecular weight excluding hydrogens is 272 g/mol. The van der Waals surface area contributed by atoms with E-state index in [1.165, 1.54) is 44.9 Å². The molecule has 1 aromatic heterocycles. The summed E-state index contributed by atoms with van der Waals surface area (Å²) in [4.78, 5) is 12.0. The van der Waals surface area contributed by atoms with Crippen molar-refractivity contribution in [3.05, 3.63) is 24.3 Å². The Morgan fingerprint density at radius 3 is 2.50 bits per heavy atom. The molecule has 22 heavy (non-hydrogen) atoms. The number of aromatic nitrogens is 2. The minimum atomic E-state index is 0.576. The maximum Gasteiger partial charge on any atom is 0.227 e. The van der Waals surface area contributed by atoms with E-state index in [0.717, 1.165) is 35.8 Å². The molecule has 2 aromatic rings. The van der Waals surface area contributed by atoms with Crippen molar-refractivity contribution < 1.29 is 0 Å². The molecule has 1 aliphatic heterocycles. The van der Waals surface area contributed by atoms with Gasteiger partial charge in [0.2, 0.25) is 5.95 Å². The summed E-state index contributed by atoms with van der Waals surface area (Å²) in [7, 11) is 0. The first-order valence-electron chi connectivity index (χ1n) is 8.68. The highest BCUT2D eigenvalue weighted by Gasteiger charge is 2.19. The summed E-state index contributed by atoms with van der Waals surface area (Å²) in [6, 6.07) is 8.95. The first-order chi connectivity index (χ1) is 10.9. The lowest BCUT2D eigenvalue weighted by atomic mass is 10.1. The van der Waals surface area contributed by atoms with Crippen LogP contribution < -0.4 is 10.2 Å². The fourth-order valence-corrected chi connectivity index (χ4v) is 3.67. The van der Waals surface area contributed by atoms with Crippen molar-refractivity contribution in [3.8, 4) is 0 Å². The van der Waals surface area contributed by atoms with Crippen LogP contribution in [-0.4, -0.2) is 29.1 Å². The summed E-state index contributed by atoms with van der Waals surface area (Å²) in [5.74, 6) is 1.93. The van der Waals surface area contributed by atoms with Gasteiger partial charge < -0.3 is 10.2 Å². The Kier molecular flexibility index (Phi) is 3.83. The zero-order valence-corrected chi connectivity index (χ0v) is 13.1. The van der Waals surface area contributed by atoms with Gasteiger partial charge in [-0.05, 0) is 44.2 Å². The average molecular weight is 296 g/mol. The maximum absolute atomic E-state index is 4.89. The summed E-state index contributed by atoms with van der Waals surface area (Å²) < 4.78 is 0. The maximum atomic E-state index is 4.89. The Labute approximate surface area is 131 Å². The monoisotopic (exact) mass is 296 g/mol. The molecular formula is C18H24N4. The van der Waals surface area contributed by atoms with E-state index in [2.05, 4.69) is 34.5 Å². The number of para-hydroxylation sites is 1. The summed E-state index contributed by atoms with van der Waals surface area (Å²) in [5.41, 5.74) is 1.05. The van der Waals surface area contributed by atoms with Crippen molar-refractivity contribution in [3.63, 3.8) is 0 Å². The Bertz CT molecular complexity index is 643. The van der Waals surface area contributed by atoms with E-state index in [1.54, 1.807) is 0 Å². The van der Waals surface area contributed by atoms with Crippen LogP contribution in [0.15, 0.2) is 24.3 Å². The third kappa shape index (κ3) is 2.74. The van der Waals surface area contributed by atoms with Gasteiger partial charge in [0.25, 0.3) is 0 Å². The minimum Gasteiger partial charge on any atom is -0.367 e. The third-order valence-corrected chi connectivity index (χ3v) is 4.93. The molecule has 4 nitrogen and oxygen atoms in total. The molecule has 2 aliphatic rings. The molecule has 116 valence electrons. The number of nitrogens with zero attached hydrogens (tertiary/aromatic N) is 3. The molecule has 4 heteroatoms. The number of nitrogens with one attached hydrogen (secondary N) is 1. The van der Waals surface area contributed by atoms with Gasteiger partial charge in [-0.1, -0.05) is 25.0 Å². The fraction of sp³-hybridized carbons (Fsp3) is 0.556. The molecule has 0 bridgehead atoms. The van der Waals surface area contributed by atoms with Crippen LogP contribution in [-0.2, 0) is 0 Å². The highest BCUT2D eigenvalue weighted by atomic mass is 15.3. The van der Waals surface area contributed by atoms with E-state index in [1.807, 2.05) is 0 Å². The van der Waals surface area contributed by atoms with Crippen molar-refractivity contribution in [1.29, 1.82) is 0 Å². The number of rotatable bonds is 3. The van der Waals surface area contributed by atoms with Crippen molar-refractivity contribution in [2.24, 2.45) is 0 Å². The summed E-state index contributed by atoms with van der Waals surface area (Å²) in [5, 5.41) is 4.83. The largest absolute Gasteiger partial charge is 0.367 e. The predicted octanol–water partition coefficient (Wildman–Crippen LogP) is 3.97. The van der Waals surface area contributed by atoms with Crippen LogP contribution in [0.5, 0.6) is 0 Å². The standard InChI is InChI=1S/C18H24N4/c1-6-12-22(13-7-1)18-20-16-11-5-4-10-15(16)17(21-18)19-14-8-2-3-9-14/h4-5,10-11,14H,1-3,6-9,12-13H2,(H,19,20,21). The predicted molar refractivity (Wildman–Crippen MR) is 91.5 cm³/mol. The molecule has 0 spiro atoms. The van der Waals surface area contributed by atoms with Gasteiger partial charge in [0.1, 0.15) is 5.82 Å². The van der Waals surface area contributed by atoms with Gasteiger partial charge in [-0.25, -0.2) is 4.98 Å². The molecule has 0 unspecified atom stereocenters. The van der Waals surface area contributed by atoms with Crippen LogP contribution in [0.3, 0.4) is 0 Å². The van der Waals surface area contributed by atoms with Crippen molar-refractivity contribution in [2.75, 3.05) is 23.3 Å². The fourth-order valence-electron chi connectivity index (χ4n) is 3.67. The SMILES string of the molecule is c1ccc2c(NC3CCCC3)nc(N3CCCCC3)nc2c1. The van der Waals surface area contributed by atoms with E-state index in [0.29, 0.717) is 6.04 Å². The van der Waals surface area contributed by atoms with Gasteiger partial charge in [0.15, 0.2) is 0 Å². The van der Waals surface area contributed by atoms with E-state index < -0.39 is 0 Å². The lowest BCUT2D eigenvalue weighted by Gasteiger charge is -2.27. The number of hydrogen-bond acceptors (Lipinski definition) is 4. The lowest BCUT2D eigenvalue weighted by Crippen LogP contribution is -2.31. The Hall–Kier alpha value is -1.84. The molecule has 4 rings (SSSR count). The Morgan fingerprint density at radius 2 is 1.68 bits per heavy atom. The van der Waals surface area contributed by atoms with Crippen molar-refractivity contribution in [1.82, 2.24) is 9.97 Å². The van der Waals surface area contributed by atoms with Crippen molar-refractivity contribution in [2.45, 2.75) is 51.0 Å². The molecule has 2 fully saturated rings. The Balaban J connectivity index is 1.71. The lowest BCUT2D eigenvalue weighted by molar-refractivity contribution is 0.569. The molecule has 0 atom stereocenters. The second-order valence-corrected chi connectivity index (χ2v) is 6.56. The van der Waals surface area contributed by atoms with Gasteiger partial charge in [0, 0.05) is 24.5 Å².